The second kappa shape index (κ2) is 8.36. The van der Waals surface area contributed by atoms with Crippen LogP contribution in [-0.2, 0) is 23.4 Å². The highest BCUT2D eigenvalue weighted by atomic mass is 32.2. The number of nitrogens with one attached hydrogen (secondary N) is 1. The maximum Gasteiger partial charge on any atom is 0.269 e. The highest BCUT2D eigenvalue weighted by molar-refractivity contribution is 7.99. The van der Waals surface area contributed by atoms with Crippen LogP contribution in [0.1, 0.15) is 41.6 Å². The number of benzene rings is 2. The van der Waals surface area contributed by atoms with Crippen LogP contribution in [0.5, 0.6) is 0 Å². The molecule has 0 spiro atoms. The van der Waals surface area contributed by atoms with E-state index in [-0.39, 0.29) is 17.6 Å². The number of hydrogen-bond acceptors (Lipinski definition) is 4. The first-order chi connectivity index (χ1) is 12.5. The lowest BCUT2D eigenvalue weighted by atomic mass is 10.0. The Morgan fingerprint density at radius 3 is 2.65 bits per heavy atom. The normalized spacial score (nSPS) is 13.9. The van der Waals surface area contributed by atoms with Crippen molar-refractivity contribution in [1.82, 2.24) is 5.32 Å². The minimum Gasteiger partial charge on any atom is -0.349 e. The van der Waals surface area contributed by atoms with Gasteiger partial charge in [-0.05, 0) is 48.4 Å². The van der Waals surface area contributed by atoms with Crippen molar-refractivity contribution in [3.8, 4) is 0 Å². The monoisotopic (exact) mass is 370 g/mol. The summed E-state index contributed by atoms with van der Waals surface area (Å²) >= 11 is 1.50. The van der Waals surface area contributed by atoms with Gasteiger partial charge in [0.15, 0.2) is 0 Å². The molecule has 6 heteroatoms. The molecule has 0 heterocycles. The van der Waals surface area contributed by atoms with E-state index >= 15 is 0 Å². The zero-order valence-corrected chi connectivity index (χ0v) is 15.6. The smallest absolute Gasteiger partial charge is 0.269 e. The minimum atomic E-state index is -0.412. The number of non-ortho nitro benzene ring substituents is 1. The second-order valence-corrected chi connectivity index (χ2v) is 7.57. The van der Waals surface area contributed by atoms with Crippen LogP contribution in [0.15, 0.2) is 42.5 Å². The van der Waals surface area contributed by atoms with E-state index in [4.69, 9.17) is 0 Å². The van der Waals surface area contributed by atoms with Gasteiger partial charge < -0.3 is 5.32 Å². The third-order valence-corrected chi connectivity index (χ3v) is 5.65. The van der Waals surface area contributed by atoms with E-state index < -0.39 is 4.92 Å². The molecule has 1 atom stereocenters. The minimum absolute atomic E-state index is 0.00455. The Labute approximate surface area is 157 Å². The van der Waals surface area contributed by atoms with Gasteiger partial charge in [-0.2, -0.15) is 0 Å². The van der Waals surface area contributed by atoms with Crippen LogP contribution >= 0.6 is 11.8 Å². The van der Waals surface area contributed by atoms with Crippen LogP contribution in [-0.4, -0.2) is 16.6 Å². The van der Waals surface area contributed by atoms with Gasteiger partial charge in [0.25, 0.3) is 5.69 Å². The van der Waals surface area contributed by atoms with E-state index in [1.165, 1.54) is 41.4 Å². The maximum absolute atomic E-state index is 12.2. The molecule has 26 heavy (non-hydrogen) atoms. The number of hydrogen-bond donors (Lipinski definition) is 1. The molecule has 1 aliphatic rings. The fourth-order valence-electron chi connectivity index (χ4n) is 3.20. The lowest BCUT2D eigenvalue weighted by Gasteiger charge is -2.15. The van der Waals surface area contributed by atoms with Crippen molar-refractivity contribution in [1.29, 1.82) is 0 Å². The van der Waals surface area contributed by atoms with Gasteiger partial charge in [0, 0.05) is 17.9 Å². The number of rotatable bonds is 7. The molecule has 0 radical (unpaired) electrons. The Bertz CT molecular complexity index is 805. The number of thioether (sulfide) groups is 1. The SMILES string of the molecule is C[C@H](NC(=O)CSCc1ccc([N+](=O)[O-])cc1)c1ccc2c(c1)CCC2. The molecule has 5 nitrogen and oxygen atoms in total. The maximum atomic E-state index is 12.2. The van der Waals surface area contributed by atoms with Gasteiger partial charge in [-0.15, -0.1) is 11.8 Å². The van der Waals surface area contributed by atoms with Gasteiger partial charge in [-0.3, -0.25) is 14.9 Å². The lowest BCUT2D eigenvalue weighted by molar-refractivity contribution is -0.384. The summed E-state index contributed by atoms with van der Waals surface area (Å²) < 4.78 is 0. The van der Waals surface area contributed by atoms with Gasteiger partial charge in [0.2, 0.25) is 5.91 Å². The number of carbonyl (C=O) groups excluding carboxylic acids is 1. The summed E-state index contributed by atoms with van der Waals surface area (Å²) in [6.07, 6.45) is 3.52. The Morgan fingerprint density at radius 1 is 1.19 bits per heavy atom. The van der Waals surface area contributed by atoms with Gasteiger partial charge >= 0.3 is 0 Å². The largest absolute Gasteiger partial charge is 0.349 e. The number of nitrogens with zero attached hydrogens (tertiary/aromatic N) is 1. The fraction of sp³-hybridized carbons (Fsp3) is 0.350. The number of aryl methyl sites for hydroxylation is 2. The topological polar surface area (TPSA) is 72.2 Å². The van der Waals surface area contributed by atoms with E-state index in [0.29, 0.717) is 11.5 Å². The highest BCUT2D eigenvalue weighted by Crippen LogP contribution is 2.25. The molecule has 0 saturated carbocycles. The quantitative estimate of drug-likeness (QED) is 0.586. The Balaban J connectivity index is 1.45. The molecule has 136 valence electrons. The van der Waals surface area contributed by atoms with Gasteiger partial charge in [0.1, 0.15) is 0 Å². The summed E-state index contributed by atoms with van der Waals surface area (Å²) in [5.74, 6) is 1.02. The van der Waals surface area contributed by atoms with E-state index in [2.05, 4.69) is 23.5 Å². The molecule has 1 aliphatic carbocycles. The van der Waals surface area contributed by atoms with Crippen LogP contribution in [0, 0.1) is 10.1 Å². The van der Waals surface area contributed by atoms with Crippen molar-refractivity contribution in [2.45, 2.75) is 38.0 Å². The molecular formula is C20H22N2O3S. The summed E-state index contributed by atoms with van der Waals surface area (Å²) in [5, 5.41) is 13.7. The summed E-state index contributed by atoms with van der Waals surface area (Å²) in [7, 11) is 0. The number of carbonyl (C=O) groups is 1. The molecule has 3 rings (SSSR count). The summed E-state index contributed by atoms with van der Waals surface area (Å²) in [6, 6.07) is 13.0. The van der Waals surface area contributed by atoms with Crippen LogP contribution in [0.4, 0.5) is 5.69 Å². The average molecular weight is 370 g/mol. The molecule has 0 fully saturated rings. The van der Waals surface area contributed by atoms with E-state index in [1.807, 2.05) is 6.92 Å². The third kappa shape index (κ3) is 4.64. The number of amides is 1. The highest BCUT2D eigenvalue weighted by Gasteiger charge is 2.15. The Hall–Kier alpha value is -2.34. The molecule has 1 N–H and O–H groups in total. The predicted octanol–water partition coefficient (Wildman–Crippen LogP) is 4.19. The molecule has 0 saturated heterocycles. The van der Waals surface area contributed by atoms with Crippen LogP contribution in [0.25, 0.3) is 0 Å². The predicted molar refractivity (Wildman–Crippen MR) is 104 cm³/mol. The first-order valence-corrected chi connectivity index (χ1v) is 9.90. The summed E-state index contributed by atoms with van der Waals surface area (Å²) in [5.41, 5.74) is 5.06. The molecule has 0 bridgehead atoms. The van der Waals surface area contributed by atoms with Crippen molar-refractivity contribution in [3.05, 3.63) is 74.8 Å². The van der Waals surface area contributed by atoms with Gasteiger partial charge in [-0.25, -0.2) is 0 Å². The van der Waals surface area contributed by atoms with Gasteiger partial charge in [-0.1, -0.05) is 30.3 Å². The van der Waals surface area contributed by atoms with Crippen molar-refractivity contribution < 1.29 is 9.72 Å². The molecule has 0 aromatic heterocycles. The molecule has 0 aliphatic heterocycles. The van der Waals surface area contributed by atoms with E-state index in [1.54, 1.807) is 12.1 Å². The van der Waals surface area contributed by atoms with Crippen molar-refractivity contribution in [3.63, 3.8) is 0 Å². The summed E-state index contributed by atoms with van der Waals surface area (Å²) in [6.45, 7) is 2.01. The van der Waals surface area contributed by atoms with Gasteiger partial charge in [0.05, 0.1) is 16.7 Å². The molecule has 0 unspecified atom stereocenters. The second-order valence-electron chi connectivity index (χ2n) is 6.59. The van der Waals surface area contributed by atoms with Crippen LogP contribution < -0.4 is 5.32 Å². The molecule has 2 aromatic carbocycles. The summed E-state index contributed by atoms with van der Waals surface area (Å²) in [4.78, 5) is 22.4. The van der Waals surface area contributed by atoms with E-state index in [0.717, 1.165) is 24.0 Å². The van der Waals surface area contributed by atoms with Crippen molar-refractivity contribution in [2.24, 2.45) is 0 Å². The fourth-order valence-corrected chi connectivity index (χ4v) is 4.00. The Morgan fingerprint density at radius 2 is 1.92 bits per heavy atom. The zero-order valence-electron chi connectivity index (χ0n) is 14.7. The van der Waals surface area contributed by atoms with Crippen molar-refractivity contribution in [2.75, 3.05) is 5.75 Å². The first-order valence-electron chi connectivity index (χ1n) is 8.75. The van der Waals surface area contributed by atoms with Crippen LogP contribution in [0.3, 0.4) is 0 Å². The lowest BCUT2D eigenvalue weighted by Crippen LogP contribution is -2.28. The number of nitro benzene ring substituents is 1. The van der Waals surface area contributed by atoms with E-state index in [9.17, 15) is 14.9 Å². The van der Waals surface area contributed by atoms with Crippen molar-refractivity contribution >= 4 is 23.4 Å². The molecule has 2 aromatic rings. The third-order valence-electron chi connectivity index (χ3n) is 4.65. The standard InChI is InChI=1S/C20H22N2O3S/c1-14(17-8-7-16-3-2-4-18(16)11-17)21-20(23)13-26-12-15-5-9-19(10-6-15)22(24)25/h5-11,14H,2-4,12-13H2,1H3,(H,21,23)/t14-/m0/s1. The Kier molecular flexibility index (Phi) is 5.93. The number of nitro groups is 1. The average Bonchev–Trinajstić information content (AvgIpc) is 3.09. The first kappa shape index (κ1) is 18.5. The zero-order chi connectivity index (χ0) is 18.5. The van der Waals surface area contributed by atoms with Crippen LogP contribution in [0.2, 0.25) is 0 Å². The number of fused-ring (bicyclic) bond motifs is 1. The molecular weight excluding hydrogens is 348 g/mol. The molecule has 1 amide bonds.